The Kier molecular flexibility index (Phi) is 3.99. The molecule has 1 aromatic rings. The Morgan fingerprint density at radius 1 is 1.62 bits per heavy atom. The average Bonchev–Trinajstić information content (AvgIpc) is 2.29. The van der Waals surface area contributed by atoms with Crippen molar-refractivity contribution < 1.29 is 9.90 Å². The summed E-state index contributed by atoms with van der Waals surface area (Å²) in [5, 5.41) is 11.1. The van der Waals surface area contributed by atoms with E-state index in [9.17, 15) is 4.79 Å². The van der Waals surface area contributed by atoms with Crippen molar-refractivity contribution in [1.29, 1.82) is 0 Å². The van der Waals surface area contributed by atoms with Gasteiger partial charge in [-0.3, -0.25) is 4.79 Å². The number of hydrogen-bond acceptors (Lipinski definition) is 3. The average molecular weight is 240 g/mol. The van der Waals surface area contributed by atoms with Gasteiger partial charge in [0.25, 0.3) is 0 Å². The van der Waals surface area contributed by atoms with Gasteiger partial charge < -0.3 is 10.4 Å². The van der Waals surface area contributed by atoms with E-state index in [2.05, 4.69) is 5.32 Å². The fourth-order valence-corrected chi connectivity index (χ4v) is 2.29. The molecule has 0 radical (unpaired) electrons. The Hall–Kier alpha value is -0.290. The highest BCUT2D eigenvalue weighted by Gasteiger charge is 2.05. The topological polar surface area (TPSA) is 49.3 Å². The van der Waals surface area contributed by atoms with Gasteiger partial charge in [-0.25, -0.2) is 0 Å². The number of hydrogen-bond donors (Lipinski definition) is 2. The van der Waals surface area contributed by atoms with Crippen molar-refractivity contribution in [1.82, 2.24) is 5.32 Å². The van der Waals surface area contributed by atoms with Gasteiger partial charge in [-0.05, 0) is 11.6 Å². The van der Waals surface area contributed by atoms with Crippen molar-refractivity contribution in [3.05, 3.63) is 20.3 Å². The van der Waals surface area contributed by atoms with E-state index in [0.29, 0.717) is 15.2 Å². The van der Waals surface area contributed by atoms with E-state index >= 15 is 0 Å². The van der Waals surface area contributed by atoms with Crippen molar-refractivity contribution in [3.63, 3.8) is 0 Å². The van der Waals surface area contributed by atoms with Crippen molar-refractivity contribution in [2.75, 3.05) is 6.54 Å². The van der Waals surface area contributed by atoms with E-state index < -0.39 is 5.97 Å². The van der Waals surface area contributed by atoms with Gasteiger partial charge in [0.1, 0.15) is 0 Å². The van der Waals surface area contributed by atoms with Crippen LogP contribution in [0.1, 0.15) is 5.56 Å². The molecule has 1 rings (SSSR count). The highest BCUT2D eigenvalue weighted by molar-refractivity contribution is 7.20. The summed E-state index contributed by atoms with van der Waals surface area (Å²) in [5.74, 6) is -0.891. The lowest BCUT2D eigenvalue weighted by molar-refractivity contribution is -0.135. The minimum atomic E-state index is -0.891. The molecular formula is C7H7Cl2NO2S. The fourth-order valence-electron chi connectivity index (χ4n) is 0.799. The van der Waals surface area contributed by atoms with Crippen LogP contribution in [0.3, 0.4) is 0 Å². The molecule has 0 fully saturated rings. The molecule has 1 aromatic heterocycles. The normalized spacial score (nSPS) is 10.3. The summed E-state index contributed by atoms with van der Waals surface area (Å²) in [7, 11) is 0. The molecule has 0 saturated carbocycles. The predicted molar refractivity (Wildman–Crippen MR) is 53.7 cm³/mol. The third-order valence-electron chi connectivity index (χ3n) is 1.32. The number of carboxylic acids is 1. The number of nitrogens with one attached hydrogen (secondary N) is 1. The molecule has 0 spiro atoms. The quantitative estimate of drug-likeness (QED) is 0.848. The monoisotopic (exact) mass is 239 g/mol. The maximum atomic E-state index is 10.2. The molecule has 2 N–H and O–H groups in total. The van der Waals surface area contributed by atoms with Gasteiger partial charge in [-0.2, -0.15) is 0 Å². The van der Waals surface area contributed by atoms with Gasteiger partial charge in [-0.1, -0.05) is 23.2 Å². The van der Waals surface area contributed by atoms with Gasteiger partial charge in [0.05, 0.1) is 15.2 Å². The molecule has 0 amide bonds. The Bertz CT molecular complexity index is 313. The van der Waals surface area contributed by atoms with Crippen LogP contribution >= 0.6 is 34.5 Å². The van der Waals surface area contributed by atoms with Gasteiger partial charge >= 0.3 is 5.97 Å². The Balaban J connectivity index is 2.45. The van der Waals surface area contributed by atoms with Crippen LogP contribution in [0.25, 0.3) is 0 Å². The number of rotatable bonds is 4. The van der Waals surface area contributed by atoms with Crippen LogP contribution < -0.4 is 5.32 Å². The minimum Gasteiger partial charge on any atom is -0.480 e. The molecule has 0 bridgehead atoms. The third-order valence-corrected chi connectivity index (χ3v) is 2.89. The van der Waals surface area contributed by atoms with Crippen molar-refractivity contribution in [2.24, 2.45) is 0 Å². The minimum absolute atomic E-state index is 0.0796. The molecule has 1 heterocycles. The second-order valence-corrected chi connectivity index (χ2v) is 4.63. The number of halogens is 2. The first kappa shape index (κ1) is 10.8. The summed E-state index contributed by atoms with van der Waals surface area (Å²) in [5.41, 5.74) is 0.831. The van der Waals surface area contributed by atoms with Gasteiger partial charge in [-0.15, -0.1) is 11.3 Å². The van der Waals surface area contributed by atoms with E-state index in [4.69, 9.17) is 28.3 Å². The summed E-state index contributed by atoms with van der Waals surface area (Å²) < 4.78 is 1.21. The third kappa shape index (κ3) is 3.52. The zero-order valence-electron chi connectivity index (χ0n) is 6.51. The van der Waals surface area contributed by atoms with Crippen LogP contribution in [0.15, 0.2) is 6.07 Å². The zero-order chi connectivity index (χ0) is 9.84. The first-order valence-electron chi connectivity index (χ1n) is 3.46. The van der Waals surface area contributed by atoms with Crippen molar-refractivity contribution in [2.45, 2.75) is 6.54 Å². The molecular weight excluding hydrogens is 233 g/mol. The van der Waals surface area contributed by atoms with Crippen LogP contribution in [0.2, 0.25) is 8.67 Å². The second-order valence-electron chi connectivity index (χ2n) is 2.35. The standard InChI is InChI=1S/C7H7Cl2NO2S/c8-5-1-4(7(9)13-5)2-10-3-6(11)12/h1,10H,2-3H2,(H,11,12). The summed E-state index contributed by atoms with van der Waals surface area (Å²) in [6, 6.07) is 1.73. The molecule has 6 heteroatoms. The molecule has 0 aliphatic carbocycles. The first-order chi connectivity index (χ1) is 6.09. The zero-order valence-corrected chi connectivity index (χ0v) is 8.84. The molecule has 0 atom stereocenters. The van der Waals surface area contributed by atoms with Gasteiger partial charge in [0, 0.05) is 6.54 Å². The van der Waals surface area contributed by atoms with E-state index in [-0.39, 0.29) is 6.54 Å². The Morgan fingerprint density at radius 3 is 2.77 bits per heavy atom. The first-order valence-corrected chi connectivity index (χ1v) is 5.03. The number of carboxylic acid groups (broad SMARTS) is 1. The van der Waals surface area contributed by atoms with Crippen LogP contribution in [0, 0.1) is 0 Å². The predicted octanol–water partition coefficient (Wildman–Crippen LogP) is 2.23. The smallest absolute Gasteiger partial charge is 0.317 e. The molecule has 3 nitrogen and oxygen atoms in total. The lowest BCUT2D eigenvalue weighted by Gasteiger charge is -1.98. The summed E-state index contributed by atoms with van der Waals surface area (Å²) in [4.78, 5) is 10.2. The van der Waals surface area contributed by atoms with Crippen molar-refractivity contribution >= 4 is 40.5 Å². The second kappa shape index (κ2) is 4.81. The van der Waals surface area contributed by atoms with Crippen LogP contribution in [0.5, 0.6) is 0 Å². The fraction of sp³-hybridized carbons (Fsp3) is 0.286. The molecule has 0 unspecified atom stereocenters. The molecule has 0 aliphatic heterocycles. The molecule has 0 saturated heterocycles. The number of thiophene rings is 1. The van der Waals surface area contributed by atoms with Gasteiger partial charge in [0.2, 0.25) is 0 Å². The highest BCUT2D eigenvalue weighted by Crippen LogP contribution is 2.30. The lowest BCUT2D eigenvalue weighted by Crippen LogP contribution is -2.21. The molecule has 0 aromatic carbocycles. The van der Waals surface area contributed by atoms with Crippen LogP contribution in [-0.4, -0.2) is 17.6 Å². The maximum absolute atomic E-state index is 10.2. The van der Waals surface area contributed by atoms with E-state index in [1.165, 1.54) is 11.3 Å². The van der Waals surface area contributed by atoms with E-state index in [1.54, 1.807) is 6.07 Å². The summed E-state index contributed by atoms with van der Waals surface area (Å²) in [6.07, 6.45) is 0. The van der Waals surface area contributed by atoms with Crippen LogP contribution in [-0.2, 0) is 11.3 Å². The van der Waals surface area contributed by atoms with E-state index in [1.807, 2.05) is 0 Å². The Labute approximate surface area is 89.3 Å². The molecule has 0 aliphatic rings. The highest BCUT2D eigenvalue weighted by atomic mass is 35.5. The van der Waals surface area contributed by atoms with E-state index in [0.717, 1.165) is 5.56 Å². The SMILES string of the molecule is O=C(O)CNCc1cc(Cl)sc1Cl. The summed E-state index contributed by atoms with van der Waals surface area (Å²) in [6.45, 7) is 0.345. The number of carbonyl (C=O) groups is 1. The van der Waals surface area contributed by atoms with Crippen molar-refractivity contribution in [3.8, 4) is 0 Å². The largest absolute Gasteiger partial charge is 0.480 e. The number of aliphatic carboxylic acids is 1. The molecule has 72 valence electrons. The van der Waals surface area contributed by atoms with Crippen LogP contribution in [0.4, 0.5) is 0 Å². The maximum Gasteiger partial charge on any atom is 0.317 e. The Morgan fingerprint density at radius 2 is 2.31 bits per heavy atom. The lowest BCUT2D eigenvalue weighted by atomic mass is 10.3. The summed E-state index contributed by atoms with van der Waals surface area (Å²) >= 11 is 12.8. The molecule has 13 heavy (non-hydrogen) atoms. The van der Waals surface area contributed by atoms with Gasteiger partial charge in [0.15, 0.2) is 0 Å².